The number of hydrogen-bond donors (Lipinski definition) is 8. The molecule has 4 aromatic rings. The average molecular weight is 1060 g/mol. The van der Waals surface area contributed by atoms with Crippen molar-refractivity contribution < 1.29 is 107 Å². The maximum Gasteiger partial charge on any atom is 0.397 e. The largest absolute Gasteiger partial charge is 0.504 e. The van der Waals surface area contributed by atoms with E-state index in [1.165, 1.54) is 6.07 Å². The SMILES string of the molecule is O=S(=O)(O)OCCS(=O)(=O)c1ccc(/N=N/c2c(O)c(/N=N/c3ccccc3S(=O)(=O)O)c(O)c(/N=N/c3ccc(S(=O)(=O)CCOSOOO)cc3S(=O)(=O)O)c2O)c(S(=O)(=O)O)c1. The Morgan fingerprint density at radius 1 is 0.492 bits per heavy atom. The van der Waals surface area contributed by atoms with Crippen LogP contribution in [0.15, 0.2) is 116 Å². The zero-order valence-electron chi connectivity index (χ0n) is 31.3. The monoisotopic (exact) mass is 1050 g/mol. The van der Waals surface area contributed by atoms with E-state index < -0.39 is 161 Å². The van der Waals surface area contributed by atoms with Crippen molar-refractivity contribution in [3.63, 3.8) is 0 Å². The van der Waals surface area contributed by atoms with Gasteiger partial charge in [0.1, 0.15) is 31.7 Å². The summed E-state index contributed by atoms with van der Waals surface area (Å²) in [7, 11) is -30.0. The molecule has 354 valence electrons. The molecule has 4 rings (SSSR count). The van der Waals surface area contributed by atoms with Gasteiger partial charge in [-0.15, -0.1) is 35.0 Å². The first kappa shape index (κ1) is 52.4. The summed E-state index contributed by atoms with van der Waals surface area (Å²) in [4.78, 5) is -5.07. The summed E-state index contributed by atoms with van der Waals surface area (Å²) < 4.78 is 197. The minimum Gasteiger partial charge on any atom is -0.504 e. The number of rotatable bonds is 21. The molecule has 8 N–H and O–H groups in total. The Bertz CT molecular complexity index is 3270. The molecule has 0 saturated heterocycles. The molecule has 0 aliphatic carbocycles. The summed E-state index contributed by atoms with van der Waals surface area (Å²) in [6, 6.07) is 7.60. The standard InChI is InChI=1S/C28H26N6O24S7/c35-26-23(32-29-17-3-1-2-4-20(17)62(43,44)45)27(36)25(34-31-19-8-6-16(14-22(19)64(49,50)51)61(41,42)12-10-56-65(52,53)54)28(37)24(26)33-30-18-7-5-15(13-21(18)63(46,47)48)60(39,40)11-9-55-59-58-57-38/h1-8,13-14,35-38H,9-12H2,(H,43,44,45)(H,46,47,48)(H,49,50,51)(H,52,53,54)/b32-29+,33-30+,34-31+. The fourth-order valence-corrected chi connectivity index (χ4v) is 9.69. The van der Waals surface area contributed by atoms with Crippen LogP contribution in [0.5, 0.6) is 17.2 Å². The van der Waals surface area contributed by atoms with Crippen molar-refractivity contribution in [3.8, 4) is 17.2 Å². The third kappa shape index (κ3) is 13.9. The molecule has 0 unspecified atom stereocenters. The molecule has 0 atom stereocenters. The lowest BCUT2D eigenvalue weighted by Crippen LogP contribution is -2.16. The van der Waals surface area contributed by atoms with Crippen LogP contribution in [0.2, 0.25) is 0 Å². The maximum absolute atomic E-state index is 12.8. The van der Waals surface area contributed by atoms with Crippen LogP contribution in [0, 0.1) is 0 Å². The Labute approximate surface area is 369 Å². The lowest BCUT2D eigenvalue weighted by molar-refractivity contribution is -0.434. The minimum atomic E-state index is -5.46. The highest BCUT2D eigenvalue weighted by atomic mass is 32.3. The first-order valence-electron chi connectivity index (χ1n) is 16.2. The zero-order valence-corrected chi connectivity index (χ0v) is 37.0. The highest BCUT2D eigenvalue weighted by Gasteiger charge is 2.28. The van der Waals surface area contributed by atoms with Crippen LogP contribution in [-0.4, -0.2) is 114 Å². The summed E-state index contributed by atoms with van der Waals surface area (Å²) in [5.41, 5.74) is -6.21. The molecular weight excluding hydrogens is 1030 g/mol. The number of phenols is 3. The van der Waals surface area contributed by atoms with Crippen molar-refractivity contribution in [2.75, 3.05) is 24.7 Å². The van der Waals surface area contributed by atoms with Gasteiger partial charge in [0.15, 0.2) is 66.3 Å². The Morgan fingerprint density at radius 3 is 1.26 bits per heavy atom. The minimum absolute atomic E-state index is 0.0251. The van der Waals surface area contributed by atoms with E-state index in [-0.39, 0.29) is 12.3 Å². The molecule has 0 saturated carbocycles. The fraction of sp³-hybridized carbons (Fsp3) is 0.143. The maximum atomic E-state index is 12.8. The van der Waals surface area contributed by atoms with Gasteiger partial charge < -0.3 is 15.3 Å². The summed E-state index contributed by atoms with van der Waals surface area (Å²) in [6.07, 6.45) is 0. The lowest BCUT2D eigenvalue weighted by atomic mass is 10.2. The number of phenolic OH excluding ortho intramolecular Hbond substituents is 3. The van der Waals surface area contributed by atoms with Crippen molar-refractivity contribution in [2.45, 2.75) is 24.5 Å². The first-order chi connectivity index (χ1) is 30.0. The van der Waals surface area contributed by atoms with Gasteiger partial charge in [-0.25, -0.2) is 26.3 Å². The average Bonchev–Trinajstić information content (AvgIpc) is 3.19. The van der Waals surface area contributed by atoms with E-state index in [9.17, 15) is 79.5 Å². The second-order valence-corrected chi connectivity index (χ2v) is 21.8. The van der Waals surface area contributed by atoms with E-state index >= 15 is 0 Å². The molecule has 37 heteroatoms. The van der Waals surface area contributed by atoms with Crippen molar-refractivity contribution in [1.29, 1.82) is 0 Å². The van der Waals surface area contributed by atoms with Gasteiger partial charge in [0.05, 0.1) is 34.5 Å². The van der Waals surface area contributed by atoms with Gasteiger partial charge >= 0.3 is 10.4 Å². The molecule has 0 spiro atoms. The summed E-state index contributed by atoms with van der Waals surface area (Å²) in [5.74, 6) is -6.35. The van der Waals surface area contributed by atoms with Gasteiger partial charge in [0.2, 0.25) is 0 Å². The topological polar surface area (TPSA) is 478 Å². The molecule has 0 amide bonds. The molecule has 0 aromatic heterocycles. The third-order valence-corrected chi connectivity index (χ3v) is 14.4. The van der Waals surface area contributed by atoms with E-state index in [4.69, 9.17) is 9.81 Å². The van der Waals surface area contributed by atoms with Crippen LogP contribution >= 0.6 is 12.3 Å². The van der Waals surface area contributed by atoms with E-state index in [1.807, 2.05) is 0 Å². The molecule has 65 heavy (non-hydrogen) atoms. The molecule has 4 aromatic carbocycles. The normalized spacial score (nSPS) is 13.4. The third-order valence-electron chi connectivity index (χ3n) is 7.52. The quantitative estimate of drug-likeness (QED) is 0.0145. The van der Waals surface area contributed by atoms with Gasteiger partial charge in [0, 0.05) is 0 Å². The van der Waals surface area contributed by atoms with Crippen LogP contribution in [-0.2, 0) is 78.2 Å². The number of azo groups is 3. The van der Waals surface area contributed by atoms with Crippen LogP contribution in [0.25, 0.3) is 0 Å². The van der Waals surface area contributed by atoms with E-state index in [1.54, 1.807) is 0 Å². The van der Waals surface area contributed by atoms with Crippen molar-refractivity contribution >= 4 is 107 Å². The van der Waals surface area contributed by atoms with Crippen molar-refractivity contribution in [2.24, 2.45) is 30.7 Å². The van der Waals surface area contributed by atoms with Gasteiger partial charge in [-0.05, 0) is 48.5 Å². The lowest BCUT2D eigenvalue weighted by Gasteiger charge is -2.11. The van der Waals surface area contributed by atoms with E-state index in [2.05, 4.69) is 48.4 Å². The zero-order chi connectivity index (χ0) is 48.8. The fourth-order valence-electron chi connectivity index (χ4n) is 4.68. The Kier molecular flexibility index (Phi) is 16.5. The number of benzene rings is 4. The van der Waals surface area contributed by atoms with Gasteiger partial charge in [-0.2, -0.15) is 33.7 Å². The molecule has 0 radical (unpaired) electrons. The molecule has 0 fully saturated rings. The van der Waals surface area contributed by atoms with Crippen molar-refractivity contribution in [3.05, 3.63) is 60.7 Å². The van der Waals surface area contributed by atoms with Crippen LogP contribution in [0.4, 0.5) is 34.1 Å². The summed E-state index contributed by atoms with van der Waals surface area (Å²) >= 11 is 0.0251. The predicted octanol–water partition coefficient (Wildman–Crippen LogP) is 4.16. The molecule has 0 aliphatic heterocycles. The van der Waals surface area contributed by atoms with Crippen LogP contribution < -0.4 is 0 Å². The molecule has 0 heterocycles. The number of sulfone groups is 2. The number of aromatic hydroxyl groups is 3. The Balaban J connectivity index is 1.92. The smallest absolute Gasteiger partial charge is 0.397 e. The van der Waals surface area contributed by atoms with Gasteiger partial charge in [-0.1, -0.05) is 17.2 Å². The second-order valence-electron chi connectivity index (χ2n) is 11.8. The first-order valence-corrected chi connectivity index (χ1v) is 25.8. The number of hydrogen-bond acceptors (Lipinski definition) is 27. The molecular formula is C28H26N6O24S7. The second kappa shape index (κ2) is 20.5. The molecule has 30 nitrogen and oxygen atoms in total. The van der Waals surface area contributed by atoms with E-state index in [0.717, 1.165) is 24.3 Å². The summed E-state index contributed by atoms with van der Waals surface area (Å²) in [5, 5.41) is 65.9. The van der Waals surface area contributed by atoms with Crippen molar-refractivity contribution in [1.82, 2.24) is 0 Å². The molecule has 0 bridgehead atoms. The Hall–Kier alpha value is -5.23. The van der Waals surface area contributed by atoms with E-state index in [0.29, 0.717) is 30.3 Å². The summed E-state index contributed by atoms with van der Waals surface area (Å²) in [6.45, 7) is -1.77. The number of nitrogens with zero attached hydrogens (tertiary/aromatic N) is 6. The molecule has 0 aliphatic rings. The predicted molar refractivity (Wildman–Crippen MR) is 213 cm³/mol. The van der Waals surface area contributed by atoms with Gasteiger partial charge in [0.25, 0.3) is 30.4 Å². The highest BCUT2D eigenvalue weighted by molar-refractivity contribution is 7.92. The highest BCUT2D eigenvalue weighted by Crippen LogP contribution is 2.57. The van der Waals surface area contributed by atoms with Gasteiger partial charge in [-0.3, -0.25) is 22.4 Å². The van der Waals surface area contributed by atoms with Crippen LogP contribution in [0.1, 0.15) is 0 Å². The van der Waals surface area contributed by atoms with Crippen LogP contribution in [0.3, 0.4) is 0 Å². The Morgan fingerprint density at radius 2 is 0.877 bits per heavy atom.